The number of rotatable bonds is 5. The van der Waals surface area contributed by atoms with Gasteiger partial charge in [-0.1, -0.05) is 19.3 Å². The third-order valence-electron chi connectivity index (χ3n) is 5.20. The summed E-state index contributed by atoms with van der Waals surface area (Å²) >= 11 is 0. The van der Waals surface area contributed by atoms with E-state index in [1.807, 2.05) is 0 Å². The molecule has 29 heavy (non-hydrogen) atoms. The van der Waals surface area contributed by atoms with E-state index < -0.39 is 56.8 Å². The van der Waals surface area contributed by atoms with Gasteiger partial charge in [0.25, 0.3) is 33.7 Å². The van der Waals surface area contributed by atoms with Crippen molar-refractivity contribution in [3.05, 3.63) is 12.2 Å². The summed E-state index contributed by atoms with van der Waals surface area (Å²) in [6.45, 7) is -0.269. The number of hydrogen-bond acceptors (Lipinski definition) is 8. The summed E-state index contributed by atoms with van der Waals surface area (Å²) in [5.41, 5.74) is -1.31. The van der Waals surface area contributed by atoms with Crippen molar-refractivity contribution in [3.63, 3.8) is 0 Å². The molecule has 3 aliphatic rings. The summed E-state index contributed by atoms with van der Waals surface area (Å²) in [7, 11) is -4.84. The molecule has 0 aromatic heterocycles. The van der Waals surface area contributed by atoms with Crippen LogP contribution >= 0.6 is 0 Å². The number of imide groups is 2. The Kier molecular flexibility index (Phi) is 7.05. The van der Waals surface area contributed by atoms with E-state index in [2.05, 4.69) is 0 Å². The van der Waals surface area contributed by atoms with Crippen molar-refractivity contribution in [2.24, 2.45) is 5.41 Å². The maximum Gasteiger partial charge on any atom is 1.00 e. The third-order valence-corrected chi connectivity index (χ3v) is 6.29. The van der Waals surface area contributed by atoms with E-state index in [0.717, 1.165) is 23.5 Å². The summed E-state index contributed by atoms with van der Waals surface area (Å²) < 4.78 is 31.5. The number of nitrogens with zero attached hydrogens (tertiary/aromatic N) is 2. The predicted molar refractivity (Wildman–Crippen MR) is 90.4 cm³/mol. The summed E-state index contributed by atoms with van der Waals surface area (Å²) in [5, 5.41) is -1.98. The molecule has 1 saturated heterocycles. The van der Waals surface area contributed by atoms with Crippen LogP contribution in [0.4, 0.5) is 0 Å². The Labute approximate surface area is 189 Å². The van der Waals surface area contributed by atoms with E-state index in [4.69, 9.17) is 9.39 Å². The SMILES string of the molecule is O=C1C=CC(=O)N1CC1(C(=O)ON2C(=O)CC(S(=O)(=O)O)C2=O)CCCCC1.[H-].[Na+]. The van der Waals surface area contributed by atoms with E-state index in [1.165, 1.54) is 0 Å². The first-order valence-electron chi connectivity index (χ1n) is 8.64. The second kappa shape index (κ2) is 8.64. The van der Waals surface area contributed by atoms with Gasteiger partial charge in [0.1, 0.15) is 0 Å². The summed E-state index contributed by atoms with van der Waals surface area (Å²) in [4.78, 5) is 66.5. The monoisotopic (exact) mass is 438 g/mol. The van der Waals surface area contributed by atoms with E-state index in [1.54, 1.807) is 0 Å². The summed E-state index contributed by atoms with van der Waals surface area (Å²) in [6, 6.07) is 0. The molecule has 1 N–H and O–H groups in total. The number of carbonyl (C=O) groups is 5. The van der Waals surface area contributed by atoms with Crippen LogP contribution in [-0.2, 0) is 38.9 Å². The smallest absolute Gasteiger partial charge is 1.00 e. The Morgan fingerprint density at radius 1 is 1.14 bits per heavy atom. The van der Waals surface area contributed by atoms with Gasteiger partial charge >= 0.3 is 35.5 Å². The van der Waals surface area contributed by atoms with Crippen molar-refractivity contribution >= 4 is 39.7 Å². The Hall–Kier alpha value is -1.60. The molecule has 0 bridgehead atoms. The van der Waals surface area contributed by atoms with Gasteiger partial charge in [-0.25, -0.2) is 4.79 Å². The maximum atomic E-state index is 12.9. The Morgan fingerprint density at radius 2 is 1.69 bits per heavy atom. The Balaban J connectivity index is 0.00000225. The molecule has 0 aromatic carbocycles. The third kappa shape index (κ3) is 4.61. The molecular weight excluding hydrogens is 419 g/mol. The molecule has 0 aromatic rings. The molecule has 2 aliphatic heterocycles. The van der Waals surface area contributed by atoms with E-state index >= 15 is 0 Å². The first-order valence-corrected chi connectivity index (χ1v) is 10.1. The van der Waals surface area contributed by atoms with Crippen molar-refractivity contribution in [1.29, 1.82) is 0 Å². The first-order chi connectivity index (χ1) is 13.0. The molecule has 2 fully saturated rings. The van der Waals surface area contributed by atoms with Crippen LogP contribution in [0.3, 0.4) is 0 Å². The minimum atomic E-state index is -4.84. The van der Waals surface area contributed by atoms with Gasteiger partial charge in [0, 0.05) is 18.7 Å². The van der Waals surface area contributed by atoms with Crippen LogP contribution < -0.4 is 29.6 Å². The zero-order valence-corrected chi connectivity index (χ0v) is 18.5. The molecule has 0 spiro atoms. The quantitative estimate of drug-likeness (QED) is 0.261. The van der Waals surface area contributed by atoms with Gasteiger partial charge in [0.15, 0.2) is 5.25 Å². The van der Waals surface area contributed by atoms with Crippen molar-refractivity contribution in [2.75, 3.05) is 6.54 Å². The second-order valence-corrected chi connectivity index (χ2v) is 8.65. The van der Waals surface area contributed by atoms with Crippen molar-refractivity contribution < 1.29 is 72.8 Å². The topological polar surface area (TPSA) is 155 Å². The molecule has 0 radical (unpaired) electrons. The summed E-state index contributed by atoms with van der Waals surface area (Å²) in [6.07, 6.45) is 3.87. The largest absolute Gasteiger partial charge is 1.00 e. The zero-order chi connectivity index (χ0) is 20.7. The van der Waals surface area contributed by atoms with Gasteiger partial charge < -0.3 is 6.26 Å². The van der Waals surface area contributed by atoms with E-state index in [-0.39, 0.29) is 55.4 Å². The van der Waals surface area contributed by atoms with Crippen LogP contribution in [0.2, 0.25) is 0 Å². The molecule has 1 saturated carbocycles. The van der Waals surface area contributed by atoms with Crippen molar-refractivity contribution in [1.82, 2.24) is 9.96 Å². The van der Waals surface area contributed by atoms with E-state index in [9.17, 15) is 32.4 Å². The fourth-order valence-corrected chi connectivity index (χ4v) is 4.34. The normalized spacial score (nSPS) is 24.1. The van der Waals surface area contributed by atoms with E-state index in [0.29, 0.717) is 12.8 Å². The molecule has 3 rings (SSSR count). The van der Waals surface area contributed by atoms with Crippen molar-refractivity contribution in [3.8, 4) is 0 Å². The molecule has 11 nitrogen and oxygen atoms in total. The number of hydroxylamine groups is 2. The van der Waals surface area contributed by atoms with Gasteiger partial charge in [-0.05, 0) is 12.8 Å². The second-order valence-electron chi connectivity index (χ2n) is 7.05. The number of carbonyl (C=O) groups excluding carboxylic acids is 5. The number of hydrogen-bond donors (Lipinski definition) is 1. The van der Waals surface area contributed by atoms with Crippen molar-refractivity contribution in [2.45, 2.75) is 43.8 Å². The van der Waals surface area contributed by atoms with Gasteiger partial charge in [0.05, 0.1) is 11.8 Å². The molecule has 13 heteroatoms. The maximum absolute atomic E-state index is 12.9. The van der Waals surface area contributed by atoms with Crippen LogP contribution in [0.15, 0.2) is 12.2 Å². The minimum absolute atomic E-state index is 0. The molecule has 4 amide bonds. The fourth-order valence-electron chi connectivity index (χ4n) is 3.64. The average Bonchev–Trinajstić information content (AvgIpc) is 3.09. The minimum Gasteiger partial charge on any atom is -1.00 e. The van der Waals surface area contributed by atoms with Gasteiger partial charge in [-0.2, -0.15) is 8.42 Å². The Morgan fingerprint density at radius 3 is 2.17 bits per heavy atom. The molecule has 1 atom stereocenters. The predicted octanol–water partition coefficient (Wildman–Crippen LogP) is -3.55. The molecular formula is C16H19N2NaO9S. The van der Waals surface area contributed by atoms with Crippen LogP contribution in [-0.4, -0.2) is 64.3 Å². The van der Waals surface area contributed by atoms with Crippen LogP contribution in [0.5, 0.6) is 0 Å². The average molecular weight is 438 g/mol. The van der Waals surface area contributed by atoms with Gasteiger partial charge in [0.2, 0.25) is 0 Å². The van der Waals surface area contributed by atoms with Crippen LogP contribution in [0.1, 0.15) is 40.0 Å². The van der Waals surface area contributed by atoms with Crippen LogP contribution in [0, 0.1) is 5.41 Å². The first kappa shape index (κ1) is 23.7. The number of amides is 4. The van der Waals surface area contributed by atoms with Gasteiger partial charge in [-0.15, -0.1) is 5.06 Å². The standard InChI is InChI=1S/C16H18N2O9S.Na.H/c19-11-4-5-12(20)17(11)9-16(6-2-1-3-7-16)15(23)27-18-13(21)8-10(14(18)22)28(24,25)26;;/h4-5,10H,1-3,6-9H2,(H,24,25,26);;/q;+1;-1. The summed E-state index contributed by atoms with van der Waals surface area (Å²) in [5.74, 6) is -4.61. The zero-order valence-electron chi connectivity index (χ0n) is 16.7. The Bertz CT molecular complexity index is 880. The fraction of sp³-hybridized carbons (Fsp3) is 0.562. The molecule has 2 heterocycles. The molecule has 1 unspecified atom stereocenters. The van der Waals surface area contributed by atoms with Gasteiger partial charge in [-0.3, -0.25) is 28.6 Å². The molecule has 1 aliphatic carbocycles. The van der Waals surface area contributed by atoms with Crippen LogP contribution in [0.25, 0.3) is 0 Å². The molecule has 154 valence electrons.